The van der Waals surface area contributed by atoms with Crippen molar-refractivity contribution >= 4 is 0 Å². The Labute approximate surface area is 120 Å². The highest BCUT2D eigenvalue weighted by Gasteiger charge is 2.29. The first-order valence-electron chi connectivity index (χ1n) is 8.51. The van der Waals surface area contributed by atoms with Gasteiger partial charge in [-0.05, 0) is 82.5 Å². The predicted octanol–water partition coefficient (Wildman–Crippen LogP) is 3.67. The molecule has 2 heteroatoms. The van der Waals surface area contributed by atoms with Gasteiger partial charge in [0.1, 0.15) is 0 Å². The highest BCUT2D eigenvalue weighted by Crippen LogP contribution is 2.37. The summed E-state index contributed by atoms with van der Waals surface area (Å²) in [5, 5.41) is 3.79. The van der Waals surface area contributed by atoms with Gasteiger partial charge in [-0.1, -0.05) is 20.8 Å². The van der Waals surface area contributed by atoms with Gasteiger partial charge in [0.05, 0.1) is 0 Å². The molecule has 1 heterocycles. The Morgan fingerprint density at radius 2 is 1.63 bits per heavy atom. The SMILES string of the molecule is CC(C)(C)C1CCC(NCCCN2CCCC2)CC1. The van der Waals surface area contributed by atoms with Gasteiger partial charge in [0, 0.05) is 6.04 Å². The molecular formula is C17H34N2. The lowest BCUT2D eigenvalue weighted by Crippen LogP contribution is -2.37. The maximum Gasteiger partial charge on any atom is 0.00672 e. The van der Waals surface area contributed by atoms with E-state index in [0.29, 0.717) is 5.41 Å². The highest BCUT2D eigenvalue weighted by molar-refractivity contribution is 4.83. The maximum atomic E-state index is 3.79. The summed E-state index contributed by atoms with van der Waals surface area (Å²) in [5.41, 5.74) is 0.515. The van der Waals surface area contributed by atoms with E-state index in [9.17, 15) is 0 Å². The summed E-state index contributed by atoms with van der Waals surface area (Å²) in [6, 6.07) is 0.803. The second-order valence-electron chi connectivity index (χ2n) is 7.77. The fourth-order valence-electron chi connectivity index (χ4n) is 3.78. The van der Waals surface area contributed by atoms with Crippen LogP contribution in [-0.2, 0) is 0 Å². The van der Waals surface area contributed by atoms with E-state index in [2.05, 4.69) is 31.0 Å². The van der Waals surface area contributed by atoms with Gasteiger partial charge in [-0.25, -0.2) is 0 Å². The van der Waals surface area contributed by atoms with Crippen molar-refractivity contribution in [1.82, 2.24) is 10.2 Å². The second kappa shape index (κ2) is 7.08. The summed E-state index contributed by atoms with van der Waals surface area (Å²) < 4.78 is 0. The molecule has 1 saturated heterocycles. The summed E-state index contributed by atoms with van der Waals surface area (Å²) in [5.74, 6) is 0.940. The Morgan fingerprint density at radius 3 is 2.21 bits per heavy atom. The molecule has 2 fully saturated rings. The van der Waals surface area contributed by atoms with Crippen LogP contribution in [0.3, 0.4) is 0 Å². The zero-order valence-electron chi connectivity index (χ0n) is 13.4. The Morgan fingerprint density at radius 1 is 1.00 bits per heavy atom. The van der Waals surface area contributed by atoms with Gasteiger partial charge in [0.15, 0.2) is 0 Å². The smallest absolute Gasteiger partial charge is 0.00672 e. The van der Waals surface area contributed by atoms with Crippen LogP contribution in [0.4, 0.5) is 0 Å². The molecule has 2 rings (SSSR count). The van der Waals surface area contributed by atoms with E-state index in [-0.39, 0.29) is 0 Å². The average molecular weight is 266 g/mol. The molecule has 2 aliphatic rings. The average Bonchev–Trinajstić information content (AvgIpc) is 2.87. The zero-order valence-corrected chi connectivity index (χ0v) is 13.4. The van der Waals surface area contributed by atoms with Crippen LogP contribution >= 0.6 is 0 Å². The first kappa shape index (κ1) is 15.3. The quantitative estimate of drug-likeness (QED) is 0.764. The van der Waals surface area contributed by atoms with Crippen LogP contribution in [0.15, 0.2) is 0 Å². The molecule has 112 valence electrons. The third-order valence-corrected chi connectivity index (χ3v) is 5.23. The second-order valence-corrected chi connectivity index (χ2v) is 7.77. The van der Waals surface area contributed by atoms with Crippen molar-refractivity contribution in [1.29, 1.82) is 0 Å². The Hall–Kier alpha value is -0.0800. The van der Waals surface area contributed by atoms with Crippen LogP contribution in [0, 0.1) is 11.3 Å². The molecule has 1 aliphatic carbocycles. The van der Waals surface area contributed by atoms with E-state index in [1.807, 2.05) is 0 Å². The zero-order chi connectivity index (χ0) is 13.7. The summed E-state index contributed by atoms with van der Waals surface area (Å²) in [7, 11) is 0. The largest absolute Gasteiger partial charge is 0.314 e. The van der Waals surface area contributed by atoms with Crippen molar-refractivity contribution in [2.24, 2.45) is 11.3 Å². The fourth-order valence-corrected chi connectivity index (χ4v) is 3.78. The van der Waals surface area contributed by atoms with E-state index < -0.39 is 0 Å². The topological polar surface area (TPSA) is 15.3 Å². The minimum Gasteiger partial charge on any atom is -0.314 e. The van der Waals surface area contributed by atoms with Gasteiger partial charge in [0.25, 0.3) is 0 Å². The summed E-state index contributed by atoms with van der Waals surface area (Å²) >= 11 is 0. The molecule has 1 N–H and O–H groups in total. The molecular weight excluding hydrogens is 232 g/mol. The number of likely N-dealkylation sites (tertiary alicyclic amines) is 1. The van der Waals surface area contributed by atoms with E-state index in [1.54, 1.807) is 0 Å². The van der Waals surface area contributed by atoms with Gasteiger partial charge in [-0.2, -0.15) is 0 Å². The molecule has 2 nitrogen and oxygen atoms in total. The Balaban J connectivity index is 1.53. The van der Waals surface area contributed by atoms with Crippen molar-refractivity contribution in [2.75, 3.05) is 26.2 Å². The number of rotatable bonds is 5. The first-order chi connectivity index (χ1) is 9.05. The lowest BCUT2D eigenvalue weighted by molar-refractivity contribution is 0.160. The number of hydrogen-bond donors (Lipinski definition) is 1. The molecule has 0 amide bonds. The van der Waals surface area contributed by atoms with Crippen LogP contribution < -0.4 is 5.32 Å². The summed E-state index contributed by atoms with van der Waals surface area (Å²) in [6.45, 7) is 12.4. The third kappa shape index (κ3) is 5.07. The lowest BCUT2D eigenvalue weighted by atomic mass is 9.71. The number of nitrogens with zero attached hydrogens (tertiary/aromatic N) is 1. The van der Waals surface area contributed by atoms with Gasteiger partial charge in [0.2, 0.25) is 0 Å². The van der Waals surface area contributed by atoms with Crippen LogP contribution in [0.2, 0.25) is 0 Å². The number of nitrogens with one attached hydrogen (secondary N) is 1. The molecule has 0 aromatic carbocycles. The minimum atomic E-state index is 0.515. The van der Waals surface area contributed by atoms with Crippen molar-refractivity contribution in [2.45, 2.75) is 71.8 Å². The molecule has 0 unspecified atom stereocenters. The van der Waals surface area contributed by atoms with E-state index in [4.69, 9.17) is 0 Å². The van der Waals surface area contributed by atoms with Crippen LogP contribution in [-0.4, -0.2) is 37.1 Å². The summed E-state index contributed by atoms with van der Waals surface area (Å²) in [4.78, 5) is 2.62. The Kier molecular flexibility index (Phi) is 5.70. The van der Waals surface area contributed by atoms with Crippen molar-refractivity contribution in [3.8, 4) is 0 Å². The van der Waals surface area contributed by atoms with E-state index in [1.165, 1.54) is 71.1 Å². The molecule has 1 saturated carbocycles. The molecule has 19 heavy (non-hydrogen) atoms. The van der Waals surface area contributed by atoms with E-state index in [0.717, 1.165) is 12.0 Å². The highest BCUT2D eigenvalue weighted by atomic mass is 15.1. The monoisotopic (exact) mass is 266 g/mol. The van der Waals surface area contributed by atoms with Gasteiger partial charge >= 0.3 is 0 Å². The molecule has 0 radical (unpaired) electrons. The predicted molar refractivity (Wildman–Crippen MR) is 83.5 cm³/mol. The normalized spacial score (nSPS) is 29.8. The summed E-state index contributed by atoms with van der Waals surface area (Å²) in [6.07, 6.45) is 9.81. The van der Waals surface area contributed by atoms with Crippen LogP contribution in [0.5, 0.6) is 0 Å². The molecule has 0 aromatic rings. The fraction of sp³-hybridized carbons (Fsp3) is 1.00. The lowest BCUT2D eigenvalue weighted by Gasteiger charge is -2.37. The molecule has 0 spiro atoms. The standard InChI is InChI=1S/C17H34N2/c1-17(2,3)15-7-9-16(10-8-15)18-11-6-14-19-12-4-5-13-19/h15-16,18H,4-14H2,1-3H3. The Bertz CT molecular complexity index is 242. The third-order valence-electron chi connectivity index (χ3n) is 5.23. The van der Waals surface area contributed by atoms with Crippen molar-refractivity contribution in [3.63, 3.8) is 0 Å². The minimum absolute atomic E-state index is 0.515. The molecule has 1 aliphatic heterocycles. The maximum absolute atomic E-state index is 3.79. The molecule has 0 aromatic heterocycles. The molecule has 0 atom stereocenters. The van der Waals surface area contributed by atoms with Gasteiger partial charge < -0.3 is 10.2 Å². The van der Waals surface area contributed by atoms with Gasteiger partial charge in [-0.15, -0.1) is 0 Å². The van der Waals surface area contributed by atoms with Crippen LogP contribution in [0.25, 0.3) is 0 Å². The van der Waals surface area contributed by atoms with Gasteiger partial charge in [-0.3, -0.25) is 0 Å². The van der Waals surface area contributed by atoms with Crippen molar-refractivity contribution < 1.29 is 0 Å². The van der Waals surface area contributed by atoms with E-state index >= 15 is 0 Å². The van der Waals surface area contributed by atoms with Crippen molar-refractivity contribution in [3.05, 3.63) is 0 Å². The number of hydrogen-bond acceptors (Lipinski definition) is 2. The van der Waals surface area contributed by atoms with Crippen LogP contribution in [0.1, 0.15) is 65.7 Å². The molecule has 0 bridgehead atoms. The first-order valence-corrected chi connectivity index (χ1v) is 8.51.